The topological polar surface area (TPSA) is 33.1 Å². The van der Waals surface area contributed by atoms with E-state index in [1.54, 1.807) is 11.3 Å². The molecule has 1 fully saturated rings. The highest BCUT2D eigenvalue weighted by Crippen LogP contribution is 2.51. The highest BCUT2D eigenvalue weighted by molar-refractivity contribution is 7.09. The van der Waals surface area contributed by atoms with E-state index in [1.807, 2.05) is 12.3 Å². The van der Waals surface area contributed by atoms with Crippen molar-refractivity contribution in [3.8, 4) is 0 Å². The van der Waals surface area contributed by atoms with Crippen LogP contribution in [0.4, 0.5) is 0 Å². The number of hydrogen-bond donors (Lipinski definition) is 1. The third kappa shape index (κ3) is 0.993. The molecule has 0 aliphatic heterocycles. The SMILES string of the molecule is Cc1nc(C2(O)CC2C)cs1. The fraction of sp³-hybridized carbons (Fsp3) is 0.625. The molecule has 2 unspecified atom stereocenters. The second-order valence-corrected chi connectivity index (χ2v) is 4.34. The molecule has 0 radical (unpaired) electrons. The first-order valence-electron chi connectivity index (χ1n) is 3.78. The summed E-state index contributed by atoms with van der Waals surface area (Å²) in [5.74, 6) is 0.393. The van der Waals surface area contributed by atoms with Crippen LogP contribution < -0.4 is 0 Å². The number of aryl methyl sites for hydroxylation is 1. The lowest BCUT2D eigenvalue weighted by Gasteiger charge is -2.02. The Morgan fingerprint density at radius 1 is 1.82 bits per heavy atom. The molecule has 0 bridgehead atoms. The van der Waals surface area contributed by atoms with Crippen LogP contribution in [0.3, 0.4) is 0 Å². The van der Waals surface area contributed by atoms with Crippen molar-refractivity contribution in [3.63, 3.8) is 0 Å². The van der Waals surface area contributed by atoms with Gasteiger partial charge < -0.3 is 5.11 Å². The van der Waals surface area contributed by atoms with Crippen molar-refractivity contribution in [3.05, 3.63) is 16.1 Å². The van der Waals surface area contributed by atoms with Gasteiger partial charge in [-0.2, -0.15) is 0 Å². The number of aliphatic hydroxyl groups is 1. The van der Waals surface area contributed by atoms with E-state index >= 15 is 0 Å². The summed E-state index contributed by atoms with van der Waals surface area (Å²) in [4.78, 5) is 4.26. The van der Waals surface area contributed by atoms with Gasteiger partial charge in [-0.15, -0.1) is 11.3 Å². The van der Waals surface area contributed by atoms with E-state index in [2.05, 4.69) is 11.9 Å². The Kier molecular flexibility index (Phi) is 1.35. The Bertz CT molecular complexity index is 283. The van der Waals surface area contributed by atoms with Crippen molar-refractivity contribution in [2.45, 2.75) is 25.9 Å². The van der Waals surface area contributed by atoms with Crippen LogP contribution in [0.1, 0.15) is 24.0 Å². The van der Waals surface area contributed by atoms with Crippen molar-refractivity contribution in [2.24, 2.45) is 5.92 Å². The molecule has 2 rings (SSSR count). The van der Waals surface area contributed by atoms with Gasteiger partial charge in [0.05, 0.1) is 10.7 Å². The zero-order valence-electron chi connectivity index (χ0n) is 6.66. The van der Waals surface area contributed by atoms with Crippen molar-refractivity contribution >= 4 is 11.3 Å². The van der Waals surface area contributed by atoms with Gasteiger partial charge in [-0.05, 0) is 19.3 Å². The molecule has 1 saturated carbocycles. The molecule has 0 amide bonds. The summed E-state index contributed by atoms with van der Waals surface area (Å²) in [5, 5.41) is 12.8. The molecule has 0 spiro atoms. The minimum Gasteiger partial charge on any atom is -0.383 e. The maximum Gasteiger partial charge on any atom is 0.110 e. The molecule has 0 aromatic carbocycles. The van der Waals surface area contributed by atoms with Gasteiger partial charge in [-0.3, -0.25) is 0 Å². The maximum atomic E-state index is 9.83. The lowest BCUT2D eigenvalue weighted by molar-refractivity contribution is 0.130. The van der Waals surface area contributed by atoms with Gasteiger partial charge in [0, 0.05) is 5.38 Å². The summed E-state index contributed by atoms with van der Waals surface area (Å²) in [6.45, 7) is 4.01. The first kappa shape index (κ1) is 7.25. The Balaban J connectivity index is 2.31. The summed E-state index contributed by atoms with van der Waals surface area (Å²) in [6, 6.07) is 0. The molecular formula is C8H11NOS. The van der Waals surface area contributed by atoms with Crippen LogP contribution in [0.25, 0.3) is 0 Å². The average Bonchev–Trinajstić information content (AvgIpc) is 2.44. The molecule has 1 N–H and O–H groups in total. The van der Waals surface area contributed by atoms with E-state index in [-0.39, 0.29) is 0 Å². The summed E-state index contributed by atoms with van der Waals surface area (Å²) < 4.78 is 0. The molecule has 1 aliphatic rings. The van der Waals surface area contributed by atoms with Crippen molar-refractivity contribution in [1.82, 2.24) is 4.98 Å². The molecule has 2 atom stereocenters. The van der Waals surface area contributed by atoms with Gasteiger partial charge in [0.25, 0.3) is 0 Å². The van der Waals surface area contributed by atoms with Crippen molar-refractivity contribution in [2.75, 3.05) is 0 Å². The second kappa shape index (κ2) is 2.05. The fourth-order valence-corrected chi connectivity index (χ4v) is 2.02. The average molecular weight is 169 g/mol. The molecule has 1 aliphatic carbocycles. The molecule has 2 nitrogen and oxygen atoms in total. The Labute approximate surface area is 69.9 Å². The molecule has 1 aromatic heterocycles. The van der Waals surface area contributed by atoms with Gasteiger partial charge in [-0.25, -0.2) is 4.98 Å². The van der Waals surface area contributed by atoms with Gasteiger partial charge >= 0.3 is 0 Å². The lowest BCUT2D eigenvalue weighted by atomic mass is 10.2. The van der Waals surface area contributed by atoms with E-state index < -0.39 is 5.60 Å². The van der Waals surface area contributed by atoms with Crippen LogP contribution in [0.5, 0.6) is 0 Å². The number of nitrogens with zero attached hydrogens (tertiary/aromatic N) is 1. The zero-order chi connectivity index (χ0) is 8.06. The molecule has 1 aromatic rings. The van der Waals surface area contributed by atoms with Gasteiger partial charge in [0.1, 0.15) is 5.60 Å². The zero-order valence-corrected chi connectivity index (χ0v) is 7.48. The first-order valence-corrected chi connectivity index (χ1v) is 4.66. The van der Waals surface area contributed by atoms with E-state index in [0.29, 0.717) is 5.92 Å². The van der Waals surface area contributed by atoms with Crippen LogP contribution >= 0.6 is 11.3 Å². The third-order valence-electron chi connectivity index (χ3n) is 2.34. The Morgan fingerprint density at radius 3 is 2.82 bits per heavy atom. The normalized spacial score (nSPS) is 35.7. The van der Waals surface area contributed by atoms with Gasteiger partial charge in [0.2, 0.25) is 0 Å². The lowest BCUT2D eigenvalue weighted by Crippen LogP contribution is -2.07. The minimum absolute atomic E-state index is 0.393. The van der Waals surface area contributed by atoms with Crippen LogP contribution in [-0.4, -0.2) is 10.1 Å². The largest absolute Gasteiger partial charge is 0.383 e. The van der Waals surface area contributed by atoms with Crippen LogP contribution in [0, 0.1) is 12.8 Å². The summed E-state index contributed by atoms with van der Waals surface area (Å²) in [6.07, 6.45) is 0.871. The smallest absolute Gasteiger partial charge is 0.110 e. The van der Waals surface area contributed by atoms with E-state index in [1.165, 1.54) is 0 Å². The monoisotopic (exact) mass is 169 g/mol. The molecule has 3 heteroatoms. The number of thiazole rings is 1. The highest BCUT2D eigenvalue weighted by atomic mass is 32.1. The van der Waals surface area contributed by atoms with Crippen molar-refractivity contribution < 1.29 is 5.11 Å². The van der Waals surface area contributed by atoms with Crippen LogP contribution in [-0.2, 0) is 5.60 Å². The first-order chi connectivity index (χ1) is 5.13. The maximum absolute atomic E-state index is 9.83. The molecular weight excluding hydrogens is 158 g/mol. The fourth-order valence-electron chi connectivity index (χ4n) is 1.33. The predicted molar refractivity (Wildman–Crippen MR) is 44.5 cm³/mol. The van der Waals surface area contributed by atoms with Gasteiger partial charge in [-0.1, -0.05) is 6.92 Å². The second-order valence-electron chi connectivity index (χ2n) is 3.28. The van der Waals surface area contributed by atoms with E-state index in [4.69, 9.17) is 0 Å². The Hall–Kier alpha value is -0.410. The third-order valence-corrected chi connectivity index (χ3v) is 3.11. The minimum atomic E-state index is -0.579. The molecule has 60 valence electrons. The van der Waals surface area contributed by atoms with Crippen LogP contribution in [0.2, 0.25) is 0 Å². The van der Waals surface area contributed by atoms with E-state index in [0.717, 1.165) is 17.1 Å². The standard InChI is InChI=1S/C8H11NOS/c1-5-3-8(5,10)7-4-11-6(2)9-7/h4-5,10H,3H2,1-2H3. The summed E-state index contributed by atoms with van der Waals surface area (Å²) in [7, 11) is 0. The van der Waals surface area contributed by atoms with Crippen molar-refractivity contribution in [1.29, 1.82) is 0 Å². The number of hydrogen-bond acceptors (Lipinski definition) is 3. The van der Waals surface area contributed by atoms with E-state index in [9.17, 15) is 5.11 Å². The quantitative estimate of drug-likeness (QED) is 0.693. The van der Waals surface area contributed by atoms with Gasteiger partial charge in [0.15, 0.2) is 0 Å². The highest BCUT2D eigenvalue weighted by Gasteiger charge is 2.52. The summed E-state index contributed by atoms with van der Waals surface area (Å²) in [5.41, 5.74) is 0.289. The molecule has 11 heavy (non-hydrogen) atoms. The number of aromatic nitrogens is 1. The predicted octanol–water partition coefficient (Wildman–Crippen LogP) is 1.68. The number of rotatable bonds is 1. The van der Waals surface area contributed by atoms with Crippen LogP contribution in [0.15, 0.2) is 5.38 Å². The Morgan fingerprint density at radius 2 is 2.45 bits per heavy atom. The molecule has 1 heterocycles. The summed E-state index contributed by atoms with van der Waals surface area (Å²) >= 11 is 1.60. The molecule has 0 saturated heterocycles.